The van der Waals surface area contributed by atoms with Gasteiger partial charge in [-0.25, -0.2) is 8.42 Å². The van der Waals surface area contributed by atoms with Gasteiger partial charge >= 0.3 is 0 Å². The second-order valence-electron chi connectivity index (χ2n) is 6.72. The Kier molecular flexibility index (Phi) is 5.22. The zero-order valence-corrected chi connectivity index (χ0v) is 14.8. The molecule has 2 bridgehead atoms. The topological polar surface area (TPSA) is 78.5 Å². The molecule has 0 aliphatic carbocycles. The fourth-order valence-electron chi connectivity index (χ4n) is 3.99. The third kappa shape index (κ3) is 3.96. The van der Waals surface area contributed by atoms with Gasteiger partial charge in [0.25, 0.3) is 5.91 Å². The van der Waals surface area contributed by atoms with Gasteiger partial charge in [-0.1, -0.05) is 18.2 Å². The first-order valence-corrected chi connectivity index (χ1v) is 10.3. The van der Waals surface area contributed by atoms with E-state index >= 15 is 0 Å². The van der Waals surface area contributed by atoms with Gasteiger partial charge in [-0.3, -0.25) is 4.79 Å². The van der Waals surface area contributed by atoms with E-state index in [2.05, 4.69) is 10.6 Å². The number of sulfonamides is 1. The monoisotopic (exact) mass is 351 g/mol. The molecule has 0 saturated carbocycles. The van der Waals surface area contributed by atoms with Crippen molar-refractivity contribution in [3.05, 3.63) is 35.9 Å². The van der Waals surface area contributed by atoms with Crippen molar-refractivity contribution in [3.63, 3.8) is 0 Å². The fraction of sp³-hybridized carbons (Fsp3) is 0.588. The number of nitrogens with zero attached hydrogens (tertiary/aromatic N) is 1. The molecule has 3 atom stereocenters. The number of hydrogen-bond acceptors (Lipinski definition) is 4. The van der Waals surface area contributed by atoms with Crippen molar-refractivity contribution in [2.45, 2.75) is 43.8 Å². The van der Waals surface area contributed by atoms with E-state index in [1.807, 2.05) is 18.2 Å². The number of rotatable bonds is 6. The molecular weight excluding hydrogens is 326 g/mol. The molecule has 1 aromatic rings. The molecule has 0 aromatic heterocycles. The summed E-state index contributed by atoms with van der Waals surface area (Å²) in [4.78, 5) is 12.0. The van der Waals surface area contributed by atoms with Crippen LogP contribution in [0.3, 0.4) is 0 Å². The van der Waals surface area contributed by atoms with Crippen LogP contribution in [0.5, 0.6) is 0 Å². The highest BCUT2D eigenvalue weighted by molar-refractivity contribution is 7.88. The number of carbonyl (C=O) groups excluding carboxylic acids is 1. The standard InChI is InChI=1S/C17H25N3O3S/c1-24(22,23)20-15-7-8-16(20)12-14(11-15)18-9-10-19-17(21)13-5-3-2-4-6-13/h2-6,14-16,18H,7-12H2,1H3,(H,19,21)/t14?,15-,16+. The van der Waals surface area contributed by atoms with Crippen LogP contribution in [0, 0.1) is 0 Å². The molecule has 2 fully saturated rings. The summed E-state index contributed by atoms with van der Waals surface area (Å²) in [6.45, 7) is 1.26. The number of piperidine rings is 1. The van der Waals surface area contributed by atoms with E-state index in [9.17, 15) is 13.2 Å². The highest BCUT2D eigenvalue weighted by atomic mass is 32.2. The van der Waals surface area contributed by atoms with Gasteiger partial charge in [-0.15, -0.1) is 0 Å². The van der Waals surface area contributed by atoms with E-state index in [1.165, 1.54) is 6.26 Å². The minimum absolute atomic E-state index is 0.0654. The van der Waals surface area contributed by atoms with E-state index in [-0.39, 0.29) is 18.0 Å². The van der Waals surface area contributed by atoms with Crippen molar-refractivity contribution in [2.75, 3.05) is 19.3 Å². The zero-order chi connectivity index (χ0) is 17.2. The summed E-state index contributed by atoms with van der Waals surface area (Å²) in [5.41, 5.74) is 0.664. The minimum atomic E-state index is -3.10. The van der Waals surface area contributed by atoms with Crippen molar-refractivity contribution < 1.29 is 13.2 Å². The van der Waals surface area contributed by atoms with E-state index < -0.39 is 10.0 Å². The summed E-state index contributed by atoms with van der Waals surface area (Å²) in [7, 11) is -3.10. The van der Waals surface area contributed by atoms with Gasteiger partial charge < -0.3 is 10.6 Å². The first kappa shape index (κ1) is 17.4. The minimum Gasteiger partial charge on any atom is -0.351 e. The summed E-state index contributed by atoms with van der Waals surface area (Å²) in [6, 6.07) is 9.76. The van der Waals surface area contributed by atoms with Crippen molar-refractivity contribution in [2.24, 2.45) is 0 Å². The first-order valence-electron chi connectivity index (χ1n) is 8.50. The lowest BCUT2D eigenvalue weighted by Gasteiger charge is -2.37. The third-order valence-electron chi connectivity index (χ3n) is 4.93. The van der Waals surface area contributed by atoms with Crippen LogP contribution in [0.2, 0.25) is 0 Å². The summed E-state index contributed by atoms with van der Waals surface area (Å²) in [5.74, 6) is -0.0654. The maximum atomic E-state index is 12.0. The van der Waals surface area contributed by atoms with E-state index in [0.29, 0.717) is 24.7 Å². The summed E-state index contributed by atoms with van der Waals surface area (Å²) < 4.78 is 25.5. The summed E-state index contributed by atoms with van der Waals surface area (Å²) in [5, 5.41) is 6.37. The SMILES string of the molecule is CS(=O)(=O)N1[C@@H]2CC[C@H]1CC(NCCNC(=O)c1ccccc1)C2. The summed E-state index contributed by atoms with van der Waals surface area (Å²) in [6.07, 6.45) is 4.94. The Bertz CT molecular complexity index is 664. The number of hydrogen-bond donors (Lipinski definition) is 2. The van der Waals surface area contributed by atoms with Gasteiger partial charge in [0, 0.05) is 36.8 Å². The molecule has 1 aromatic carbocycles. The van der Waals surface area contributed by atoms with Gasteiger partial charge in [-0.2, -0.15) is 4.31 Å². The van der Waals surface area contributed by atoms with Gasteiger partial charge in [0.05, 0.1) is 6.26 Å². The number of benzene rings is 1. The van der Waals surface area contributed by atoms with Gasteiger partial charge in [0.2, 0.25) is 10.0 Å². The van der Waals surface area contributed by atoms with E-state index in [1.54, 1.807) is 16.4 Å². The average Bonchev–Trinajstić information content (AvgIpc) is 2.84. The zero-order valence-electron chi connectivity index (χ0n) is 13.9. The Labute approximate surface area is 143 Å². The van der Waals surface area contributed by atoms with Crippen molar-refractivity contribution in [1.82, 2.24) is 14.9 Å². The predicted molar refractivity (Wildman–Crippen MR) is 93.3 cm³/mol. The van der Waals surface area contributed by atoms with E-state index in [4.69, 9.17) is 0 Å². The van der Waals surface area contributed by atoms with Crippen LogP contribution in [0.4, 0.5) is 0 Å². The molecule has 132 valence electrons. The first-order chi connectivity index (χ1) is 11.4. The quantitative estimate of drug-likeness (QED) is 0.749. The molecule has 7 heteroatoms. The highest BCUT2D eigenvalue weighted by Gasteiger charge is 2.44. The lowest BCUT2D eigenvalue weighted by Crippen LogP contribution is -2.51. The molecule has 24 heavy (non-hydrogen) atoms. The summed E-state index contributed by atoms with van der Waals surface area (Å²) >= 11 is 0. The molecule has 3 rings (SSSR count). The number of carbonyl (C=O) groups is 1. The molecular formula is C17H25N3O3S. The lowest BCUT2D eigenvalue weighted by molar-refractivity contribution is 0.0952. The average molecular weight is 351 g/mol. The largest absolute Gasteiger partial charge is 0.351 e. The molecule has 2 aliphatic heterocycles. The molecule has 1 amide bonds. The van der Waals surface area contributed by atoms with Crippen LogP contribution in [0.25, 0.3) is 0 Å². The van der Waals surface area contributed by atoms with Crippen LogP contribution in [0.15, 0.2) is 30.3 Å². The van der Waals surface area contributed by atoms with Gasteiger partial charge in [0.1, 0.15) is 0 Å². The Hall–Kier alpha value is -1.44. The van der Waals surface area contributed by atoms with Gasteiger partial charge in [0.15, 0.2) is 0 Å². The number of fused-ring (bicyclic) bond motifs is 2. The van der Waals surface area contributed by atoms with Crippen molar-refractivity contribution in [3.8, 4) is 0 Å². The predicted octanol–water partition coefficient (Wildman–Crippen LogP) is 0.961. The lowest BCUT2D eigenvalue weighted by atomic mass is 10.00. The maximum absolute atomic E-state index is 12.0. The Morgan fingerprint density at radius 1 is 1.12 bits per heavy atom. The molecule has 2 heterocycles. The number of nitrogens with one attached hydrogen (secondary N) is 2. The Morgan fingerprint density at radius 3 is 2.33 bits per heavy atom. The molecule has 6 nitrogen and oxygen atoms in total. The normalized spacial score (nSPS) is 27.1. The molecule has 0 spiro atoms. The fourth-order valence-corrected chi connectivity index (χ4v) is 5.45. The Morgan fingerprint density at radius 2 is 1.75 bits per heavy atom. The van der Waals surface area contributed by atoms with Crippen LogP contribution in [-0.2, 0) is 10.0 Å². The van der Waals surface area contributed by atoms with Crippen LogP contribution in [0.1, 0.15) is 36.0 Å². The molecule has 2 N–H and O–H groups in total. The molecule has 0 radical (unpaired) electrons. The van der Waals surface area contributed by atoms with Crippen LogP contribution in [-0.4, -0.2) is 56.1 Å². The second-order valence-corrected chi connectivity index (χ2v) is 8.61. The number of amides is 1. The van der Waals surface area contributed by atoms with Crippen LogP contribution < -0.4 is 10.6 Å². The van der Waals surface area contributed by atoms with Crippen molar-refractivity contribution >= 4 is 15.9 Å². The van der Waals surface area contributed by atoms with Crippen LogP contribution >= 0.6 is 0 Å². The molecule has 2 aliphatic rings. The molecule has 2 saturated heterocycles. The highest BCUT2D eigenvalue weighted by Crippen LogP contribution is 2.37. The smallest absolute Gasteiger partial charge is 0.251 e. The van der Waals surface area contributed by atoms with Gasteiger partial charge in [-0.05, 0) is 37.8 Å². The maximum Gasteiger partial charge on any atom is 0.251 e. The second kappa shape index (κ2) is 7.21. The third-order valence-corrected chi connectivity index (χ3v) is 6.29. The Balaban J connectivity index is 1.42. The molecule has 1 unspecified atom stereocenters. The van der Waals surface area contributed by atoms with E-state index in [0.717, 1.165) is 25.7 Å². The van der Waals surface area contributed by atoms with Crippen molar-refractivity contribution in [1.29, 1.82) is 0 Å².